The number of H-pyrrole nitrogens is 1. The fourth-order valence-electron chi connectivity index (χ4n) is 6.15. The van der Waals surface area contributed by atoms with Gasteiger partial charge in [-0.3, -0.25) is 4.90 Å². The van der Waals surface area contributed by atoms with Crippen molar-refractivity contribution in [1.82, 2.24) is 9.88 Å². The van der Waals surface area contributed by atoms with E-state index >= 15 is 0 Å². The van der Waals surface area contributed by atoms with Gasteiger partial charge in [-0.15, -0.1) is 0 Å². The summed E-state index contributed by atoms with van der Waals surface area (Å²) in [5, 5.41) is 10.2. The molecule has 0 unspecified atom stereocenters. The third kappa shape index (κ3) is 4.79. The summed E-state index contributed by atoms with van der Waals surface area (Å²) < 4.78 is 10.8. The fraction of sp³-hybridized carbons (Fsp3) is 0.484. The minimum atomic E-state index is -0.498. The Morgan fingerprint density at radius 2 is 1.87 bits per heavy atom. The van der Waals surface area contributed by atoms with Crippen LogP contribution >= 0.6 is 0 Å². The zero-order valence-electron chi connectivity index (χ0n) is 23.0. The number of fused-ring (bicyclic) bond motifs is 1. The third-order valence-electron chi connectivity index (χ3n) is 8.50. The lowest BCUT2D eigenvalue weighted by molar-refractivity contribution is 0.0115. The van der Waals surface area contributed by atoms with Crippen molar-refractivity contribution in [3.8, 4) is 6.07 Å². The molecule has 2 saturated heterocycles. The molecule has 0 atom stereocenters. The minimum Gasteiger partial charge on any atom is -0.465 e. The summed E-state index contributed by atoms with van der Waals surface area (Å²) in [4.78, 5) is 21.6. The Morgan fingerprint density at radius 3 is 2.53 bits per heavy atom. The Balaban J connectivity index is 1.49. The maximum atomic E-state index is 13.0. The Labute approximate surface area is 225 Å². The van der Waals surface area contributed by atoms with E-state index in [-0.39, 0.29) is 5.97 Å². The SMILES string of the molecule is CCc1ccc(C(C)(C)c2[nH]c3cc(C#N)ccc3c2C(=O)OC)cc1N1CCC(N2CCOCC2)CC1. The van der Waals surface area contributed by atoms with Crippen LogP contribution in [0.3, 0.4) is 0 Å². The van der Waals surface area contributed by atoms with E-state index in [2.05, 4.69) is 59.8 Å². The first-order chi connectivity index (χ1) is 18.4. The van der Waals surface area contributed by atoms with Crippen molar-refractivity contribution in [2.45, 2.75) is 51.5 Å². The lowest BCUT2D eigenvalue weighted by Gasteiger charge is -2.41. The average molecular weight is 515 g/mol. The van der Waals surface area contributed by atoms with Crippen LogP contribution < -0.4 is 4.90 Å². The summed E-state index contributed by atoms with van der Waals surface area (Å²) in [7, 11) is 1.41. The van der Waals surface area contributed by atoms with Gasteiger partial charge in [0.1, 0.15) is 0 Å². The molecule has 0 spiro atoms. The Bertz CT molecular complexity index is 1360. The number of esters is 1. The monoisotopic (exact) mass is 514 g/mol. The second-order valence-electron chi connectivity index (χ2n) is 10.9. The lowest BCUT2D eigenvalue weighted by atomic mass is 9.78. The summed E-state index contributed by atoms with van der Waals surface area (Å²) in [6.07, 6.45) is 3.29. The standard InChI is InChI=1S/C31H38N4O3/c1-5-22-7-8-23(19-27(22)35-12-10-24(11-13-35)34-14-16-38-17-15-34)31(2,3)29-28(30(36)37-4)25-9-6-21(20-32)18-26(25)33-29/h6-9,18-19,24,33H,5,10-17H2,1-4H3. The highest BCUT2D eigenvalue weighted by Crippen LogP contribution is 2.39. The molecule has 7 heteroatoms. The van der Waals surface area contributed by atoms with Gasteiger partial charge in [-0.25, -0.2) is 4.79 Å². The van der Waals surface area contributed by atoms with Gasteiger partial charge in [0.25, 0.3) is 0 Å². The van der Waals surface area contributed by atoms with Crippen molar-refractivity contribution in [3.63, 3.8) is 0 Å². The number of hydrogen-bond acceptors (Lipinski definition) is 6. The number of piperidine rings is 1. The van der Waals surface area contributed by atoms with Gasteiger partial charge in [-0.2, -0.15) is 5.26 Å². The van der Waals surface area contributed by atoms with E-state index < -0.39 is 5.41 Å². The number of anilines is 1. The molecule has 3 heterocycles. The van der Waals surface area contributed by atoms with E-state index in [0.717, 1.165) is 80.8 Å². The second-order valence-corrected chi connectivity index (χ2v) is 10.9. The number of ether oxygens (including phenoxy) is 2. The van der Waals surface area contributed by atoms with Crippen molar-refractivity contribution in [3.05, 3.63) is 64.3 Å². The van der Waals surface area contributed by atoms with Crippen molar-refractivity contribution in [2.24, 2.45) is 0 Å². The van der Waals surface area contributed by atoms with E-state index in [1.165, 1.54) is 18.4 Å². The molecular formula is C31H38N4O3. The maximum absolute atomic E-state index is 13.0. The molecular weight excluding hydrogens is 476 g/mol. The molecule has 2 fully saturated rings. The summed E-state index contributed by atoms with van der Waals surface area (Å²) in [6, 6.07) is 15.0. The number of nitriles is 1. The third-order valence-corrected chi connectivity index (χ3v) is 8.50. The number of carbonyl (C=O) groups excluding carboxylic acids is 1. The van der Waals surface area contributed by atoms with Crippen LogP contribution in [0.25, 0.3) is 10.9 Å². The number of nitrogens with zero attached hydrogens (tertiary/aromatic N) is 3. The Morgan fingerprint density at radius 1 is 1.13 bits per heavy atom. The molecule has 2 aliphatic heterocycles. The van der Waals surface area contributed by atoms with Crippen molar-refractivity contribution >= 4 is 22.6 Å². The molecule has 0 aliphatic carbocycles. The molecule has 3 aromatic rings. The van der Waals surface area contributed by atoms with Gasteiger partial charge in [-0.05, 0) is 48.6 Å². The Hall–Kier alpha value is -3.34. The minimum absolute atomic E-state index is 0.375. The number of aromatic amines is 1. The molecule has 0 bridgehead atoms. The highest BCUT2D eigenvalue weighted by atomic mass is 16.5. The molecule has 0 radical (unpaired) electrons. The van der Waals surface area contributed by atoms with Crippen LogP contribution in [0, 0.1) is 11.3 Å². The normalized spacial score (nSPS) is 17.5. The number of aryl methyl sites for hydroxylation is 1. The van der Waals surface area contributed by atoms with Gasteiger partial charge in [-0.1, -0.05) is 39.0 Å². The summed E-state index contributed by atoms with van der Waals surface area (Å²) >= 11 is 0. The van der Waals surface area contributed by atoms with Crippen LogP contribution in [0.4, 0.5) is 5.69 Å². The molecule has 5 rings (SSSR count). The van der Waals surface area contributed by atoms with Crippen molar-refractivity contribution in [2.75, 3.05) is 51.4 Å². The van der Waals surface area contributed by atoms with E-state index in [1.54, 1.807) is 12.1 Å². The summed E-state index contributed by atoms with van der Waals surface area (Å²) in [5.74, 6) is -0.375. The van der Waals surface area contributed by atoms with Gasteiger partial charge in [0.05, 0.1) is 37.5 Å². The number of morpholine rings is 1. The van der Waals surface area contributed by atoms with Crippen LogP contribution in [0.5, 0.6) is 0 Å². The average Bonchev–Trinajstić information content (AvgIpc) is 3.36. The van der Waals surface area contributed by atoms with Crippen LogP contribution in [0.15, 0.2) is 36.4 Å². The van der Waals surface area contributed by atoms with Gasteiger partial charge >= 0.3 is 5.97 Å². The quantitative estimate of drug-likeness (QED) is 0.466. The summed E-state index contributed by atoms with van der Waals surface area (Å²) in [5.41, 5.74) is 5.93. The topological polar surface area (TPSA) is 81.6 Å². The van der Waals surface area contributed by atoms with Crippen LogP contribution in [0.1, 0.15) is 66.4 Å². The zero-order chi connectivity index (χ0) is 26.9. The lowest BCUT2D eigenvalue weighted by Crippen LogP contribution is -2.49. The van der Waals surface area contributed by atoms with Crippen molar-refractivity contribution < 1.29 is 14.3 Å². The van der Waals surface area contributed by atoms with E-state index in [4.69, 9.17) is 9.47 Å². The molecule has 0 saturated carbocycles. The molecule has 1 aromatic heterocycles. The Kier molecular flexibility index (Phi) is 7.47. The van der Waals surface area contributed by atoms with E-state index in [1.807, 2.05) is 6.07 Å². The summed E-state index contributed by atoms with van der Waals surface area (Å²) in [6.45, 7) is 12.3. The number of hydrogen-bond donors (Lipinski definition) is 1. The molecule has 2 aliphatic rings. The predicted molar refractivity (Wildman–Crippen MR) is 150 cm³/mol. The van der Waals surface area contributed by atoms with Crippen LogP contribution in [-0.4, -0.2) is 68.4 Å². The number of benzene rings is 2. The van der Waals surface area contributed by atoms with Gasteiger partial charge < -0.3 is 19.4 Å². The molecule has 7 nitrogen and oxygen atoms in total. The number of rotatable bonds is 6. The highest BCUT2D eigenvalue weighted by molar-refractivity contribution is 6.06. The van der Waals surface area contributed by atoms with Gasteiger partial charge in [0.2, 0.25) is 0 Å². The fourth-order valence-corrected chi connectivity index (χ4v) is 6.15. The number of nitrogens with one attached hydrogen (secondary N) is 1. The number of methoxy groups -OCH3 is 1. The predicted octanol–water partition coefficient (Wildman–Crippen LogP) is 5.02. The second kappa shape index (κ2) is 10.8. The first-order valence-electron chi connectivity index (χ1n) is 13.7. The molecule has 1 N–H and O–H groups in total. The molecule has 0 amide bonds. The van der Waals surface area contributed by atoms with Crippen LogP contribution in [0.2, 0.25) is 0 Å². The van der Waals surface area contributed by atoms with E-state index in [9.17, 15) is 10.1 Å². The largest absolute Gasteiger partial charge is 0.465 e. The number of carbonyl (C=O) groups is 1. The zero-order valence-corrected chi connectivity index (χ0v) is 23.0. The molecule has 200 valence electrons. The molecule has 2 aromatic carbocycles. The first-order valence-corrected chi connectivity index (χ1v) is 13.7. The smallest absolute Gasteiger partial charge is 0.340 e. The highest BCUT2D eigenvalue weighted by Gasteiger charge is 2.34. The van der Waals surface area contributed by atoms with E-state index in [0.29, 0.717) is 17.2 Å². The molecule has 38 heavy (non-hydrogen) atoms. The van der Waals surface area contributed by atoms with Gasteiger partial charge in [0.15, 0.2) is 0 Å². The van der Waals surface area contributed by atoms with Gasteiger partial charge in [0, 0.05) is 59.9 Å². The van der Waals surface area contributed by atoms with Crippen LogP contribution in [-0.2, 0) is 21.3 Å². The first kappa shape index (κ1) is 26.3. The number of aromatic nitrogens is 1. The maximum Gasteiger partial charge on any atom is 0.340 e. The van der Waals surface area contributed by atoms with Crippen molar-refractivity contribution in [1.29, 1.82) is 5.26 Å².